The van der Waals surface area contributed by atoms with Crippen LogP contribution in [-0.2, 0) is 11.2 Å². The van der Waals surface area contributed by atoms with Crippen LogP contribution in [0.3, 0.4) is 0 Å². The van der Waals surface area contributed by atoms with Gasteiger partial charge < -0.3 is 20.6 Å². The molecule has 0 saturated carbocycles. The molecule has 0 aliphatic carbocycles. The lowest BCUT2D eigenvalue weighted by Gasteiger charge is -2.36. The number of hydrogen-bond donors (Lipinski definition) is 3. The summed E-state index contributed by atoms with van der Waals surface area (Å²) >= 11 is 0. The van der Waals surface area contributed by atoms with Crippen molar-refractivity contribution >= 4 is 11.6 Å². The number of nitrogens with zero attached hydrogens (tertiary/aromatic N) is 2. The van der Waals surface area contributed by atoms with Crippen molar-refractivity contribution in [2.45, 2.75) is 57.7 Å². The number of fused-ring (bicyclic) bond motifs is 1. The van der Waals surface area contributed by atoms with E-state index in [4.69, 9.17) is 0 Å². The Morgan fingerprint density at radius 2 is 1.94 bits per heavy atom. The van der Waals surface area contributed by atoms with Crippen LogP contribution in [-0.4, -0.2) is 42.8 Å². The van der Waals surface area contributed by atoms with Gasteiger partial charge in [-0.3, -0.25) is 4.79 Å². The monoisotopic (exact) mass is 470 g/mol. The lowest BCUT2D eigenvalue weighted by Crippen LogP contribution is -2.49. The Bertz CT molecular complexity index is 1030. The van der Waals surface area contributed by atoms with Gasteiger partial charge in [-0.2, -0.15) is 5.26 Å². The van der Waals surface area contributed by atoms with Gasteiger partial charge >= 0.3 is 0 Å². The largest absolute Gasteiger partial charge is 0.390 e. The number of aliphatic hydroxyl groups is 1. The van der Waals surface area contributed by atoms with Gasteiger partial charge in [0.05, 0.1) is 18.2 Å². The minimum absolute atomic E-state index is 0.0390. The lowest BCUT2D eigenvalue weighted by atomic mass is 9.91. The zero-order chi connectivity index (χ0) is 24.8. The molecule has 1 aliphatic rings. The van der Waals surface area contributed by atoms with Crippen molar-refractivity contribution in [1.82, 2.24) is 10.6 Å². The molecule has 0 radical (unpaired) electrons. The van der Waals surface area contributed by atoms with Gasteiger partial charge in [-0.25, -0.2) is 8.78 Å². The van der Waals surface area contributed by atoms with E-state index in [1.807, 2.05) is 11.0 Å². The lowest BCUT2D eigenvalue weighted by molar-refractivity contribution is -0.120. The second kappa shape index (κ2) is 11.4. The van der Waals surface area contributed by atoms with Crippen LogP contribution < -0.4 is 15.5 Å². The minimum atomic E-state index is -0.982. The maximum Gasteiger partial charge on any atom is 0.217 e. The third-order valence-corrected chi connectivity index (χ3v) is 6.19. The molecule has 8 heteroatoms. The molecule has 0 fully saturated rings. The predicted octanol–water partition coefficient (Wildman–Crippen LogP) is 3.56. The molecule has 1 heterocycles. The molecule has 2 aromatic rings. The normalized spacial score (nSPS) is 17.1. The number of benzene rings is 2. The number of carbonyl (C=O) groups is 1. The van der Waals surface area contributed by atoms with E-state index in [1.54, 1.807) is 0 Å². The fraction of sp³-hybridized carbons (Fsp3) is 0.462. The van der Waals surface area contributed by atoms with E-state index in [2.05, 4.69) is 42.7 Å². The molecule has 3 N–H and O–H groups in total. The minimum Gasteiger partial charge on any atom is -0.390 e. The fourth-order valence-electron chi connectivity index (χ4n) is 4.45. The molecule has 0 bridgehead atoms. The maximum atomic E-state index is 13.6. The van der Waals surface area contributed by atoms with Gasteiger partial charge in [-0.15, -0.1) is 0 Å². The van der Waals surface area contributed by atoms with Crippen molar-refractivity contribution in [3.63, 3.8) is 0 Å². The van der Waals surface area contributed by atoms with Crippen molar-refractivity contribution in [1.29, 1.82) is 5.26 Å². The van der Waals surface area contributed by atoms with Crippen LogP contribution in [0.15, 0.2) is 36.4 Å². The first-order chi connectivity index (χ1) is 16.2. The van der Waals surface area contributed by atoms with Gasteiger partial charge in [-0.05, 0) is 53.6 Å². The quantitative estimate of drug-likeness (QED) is 0.488. The zero-order valence-corrected chi connectivity index (χ0v) is 19.8. The van der Waals surface area contributed by atoms with Crippen molar-refractivity contribution in [2.24, 2.45) is 0 Å². The van der Waals surface area contributed by atoms with Crippen molar-refractivity contribution in [3.8, 4) is 6.07 Å². The Kier molecular flexibility index (Phi) is 8.59. The molecular formula is C26H32F2N4O2. The predicted molar refractivity (Wildman–Crippen MR) is 127 cm³/mol. The Morgan fingerprint density at radius 3 is 2.56 bits per heavy atom. The topological polar surface area (TPSA) is 88.4 Å². The number of halogens is 2. The number of rotatable bonds is 9. The molecular weight excluding hydrogens is 438 g/mol. The molecule has 0 spiro atoms. The van der Waals surface area contributed by atoms with Gasteiger partial charge in [0.15, 0.2) is 0 Å². The first-order valence-electron chi connectivity index (χ1n) is 11.6. The highest BCUT2D eigenvalue weighted by atomic mass is 19.1. The number of hydrogen-bond acceptors (Lipinski definition) is 5. The summed E-state index contributed by atoms with van der Waals surface area (Å²) in [5.41, 5.74) is 3.61. The van der Waals surface area contributed by atoms with Crippen LogP contribution in [0.5, 0.6) is 0 Å². The van der Waals surface area contributed by atoms with Gasteiger partial charge in [0.2, 0.25) is 5.91 Å². The molecule has 1 aliphatic heterocycles. The first kappa shape index (κ1) is 25.6. The van der Waals surface area contributed by atoms with Crippen LogP contribution in [0.2, 0.25) is 0 Å². The average Bonchev–Trinajstić information content (AvgIpc) is 2.76. The summed E-state index contributed by atoms with van der Waals surface area (Å²) in [5, 5.41) is 26.2. The van der Waals surface area contributed by atoms with Crippen molar-refractivity contribution in [3.05, 3.63) is 64.7 Å². The molecule has 1 amide bonds. The van der Waals surface area contributed by atoms with Crippen LogP contribution in [0.1, 0.15) is 55.8 Å². The Hall–Kier alpha value is -3.02. The van der Waals surface area contributed by atoms with E-state index in [-0.39, 0.29) is 24.9 Å². The van der Waals surface area contributed by atoms with Gasteiger partial charge in [0, 0.05) is 37.8 Å². The first-order valence-corrected chi connectivity index (χ1v) is 11.6. The van der Waals surface area contributed by atoms with Crippen molar-refractivity contribution in [2.75, 3.05) is 24.5 Å². The standard InChI is InChI=1S/C26H32F2N4O2/c1-16(2)19-4-5-25-22(13-19)23(6-8-32(25)9-7-29)30-15-26(34)24(31-17(3)33)12-18-10-20(27)14-21(28)11-18/h4-5,10-11,13-14,16,23-24,26,30,34H,6,8-9,12,15H2,1-3H3,(H,31,33)/t23-,24-,26-/m0/s1. The van der Waals surface area contributed by atoms with E-state index in [1.165, 1.54) is 24.6 Å². The molecule has 3 rings (SSSR count). The highest BCUT2D eigenvalue weighted by Gasteiger charge is 2.28. The molecule has 34 heavy (non-hydrogen) atoms. The average molecular weight is 471 g/mol. The van der Waals surface area contributed by atoms with E-state index in [0.717, 1.165) is 23.7 Å². The van der Waals surface area contributed by atoms with E-state index < -0.39 is 23.8 Å². The number of carbonyl (C=O) groups excluding carboxylic acids is 1. The Labute approximate surface area is 199 Å². The summed E-state index contributed by atoms with van der Waals surface area (Å²) in [5.74, 6) is -1.40. The second-order valence-electron chi connectivity index (χ2n) is 9.16. The Balaban J connectivity index is 1.76. The molecule has 0 aromatic heterocycles. The van der Waals surface area contributed by atoms with E-state index in [0.29, 0.717) is 24.6 Å². The third-order valence-electron chi connectivity index (χ3n) is 6.19. The number of aliphatic hydroxyl groups excluding tert-OH is 1. The van der Waals surface area contributed by atoms with Gasteiger partial charge in [0.25, 0.3) is 0 Å². The summed E-state index contributed by atoms with van der Waals surface area (Å²) in [4.78, 5) is 13.8. The molecule has 0 saturated heterocycles. The molecule has 0 unspecified atom stereocenters. The summed E-state index contributed by atoms with van der Waals surface area (Å²) in [7, 11) is 0. The summed E-state index contributed by atoms with van der Waals surface area (Å²) < 4.78 is 27.2. The molecule has 182 valence electrons. The summed E-state index contributed by atoms with van der Waals surface area (Å²) in [6, 6.07) is 10.9. The molecule has 2 aromatic carbocycles. The SMILES string of the molecule is CC(=O)N[C@@H](Cc1cc(F)cc(F)c1)[C@@H](O)CN[C@H]1CCN(CC#N)c2ccc(C(C)C)cc21. The molecule has 6 nitrogen and oxygen atoms in total. The van der Waals surface area contributed by atoms with Crippen LogP contribution in [0.25, 0.3) is 0 Å². The Morgan fingerprint density at radius 1 is 1.24 bits per heavy atom. The second-order valence-corrected chi connectivity index (χ2v) is 9.16. The number of amides is 1. The van der Waals surface area contributed by atoms with Gasteiger partial charge in [0.1, 0.15) is 18.2 Å². The number of nitriles is 1. The highest BCUT2D eigenvalue weighted by Crippen LogP contribution is 2.35. The molecule has 3 atom stereocenters. The van der Waals surface area contributed by atoms with Crippen LogP contribution in [0, 0.1) is 23.0 Å². The zero-order valence-electron chi connectivity index (χ0n) is 19.8. The van der Waals surface area contributed by atoms with E-state index >= 15 is 0 Å². The van der Waals surface area contributed by atoms with Crippen LogP contribution >= 0.6 is 0 Å². The smallest absolute Gasteiger partial charge is 0.217 e. The third kappa shape index (κ3) is 6.52. The fourth-order valence-corrected chi connectivity index (χ4v) is 4.45. The van der Waals surface area contributed by atoms with Crippen molar-refractivity contribution < 1.29 is 18.7 Å². The maximum absolute atomic E-state index is 13.6. The van der Waals surface area contributed by atoms with Crippen LogP contribution in [0.4, 0.5) is 14.5 Å². The summed E-state index contributed by atoms with van der Waals surface area (Å²) in [6.45, 7) is 6.77. The number of anilines is 1. The number of nitrogens with one attached hydrogen (secondary N) is 2. The van der Waals surface area contributed by atoms with Gasteiger partial charge in [-0.1, -0.05) is 26.0 Å². The summed E-state index contributed by atoms with van der Waals surface area (Å²) in [6.07, 6.45) is -0.140. The highest BCUT2D eigenvalue weighted by molar-refractivity contribution is 5.73. The van der Waals surface area contributed by atoms with E-state index in [9.17, 15) is 23.9 Å².